The van der Waals surface area contributed by atoms with Gasteiger partial charge in [-0.05, 0) is 31.0 Å². The smallest absolute Gasteiger partial charge is 0.224 e. The van der Waals surface area contributed by atoms with E-state index in [4.69, 9.17) is 10.5 Å². The predicted molar refractivity (Wildman–Crippen MR) is 77.0 cm³/mol. The van der Waals surface area contributed by atoms with E-state index in [-0.39, 0.29) is 17.9 Å². The highest BCUT2D eigenvalue weighted by Crippen LogP contribution is 2.19. The third kappa shape index (κ3) is 4.56. The highest BCUT2D eigenvalue weighted by Gasteiger charge is 2.18. The number of methoxy groups -OCH3 is 1. The molecule has 106 valence electrons. The van der Waals surface area contributed by atoms with Gasteiger partial charge in [-0.1, -0.05) is 25.5 Å². The van der Waals surface area contributed by atoms with Gasteiger partial charge in [0.05, 0.1) is 19.1 Å². The van der Waals surface area contributed by atoms with E-state index in [9.17, 15) is 4.79 Å². The van der Waals surface area contributed by atoms with Crippen LogP contribution in [0.4, 0.5) is 0 Å². The summed E-state index contributed by atoms with van der Waals surface area (Å²) in [7, 11) is 1.63. The molecule has 1 rings (SSSR count). The largest absolute Gasteiger partial charge is 0.497 e. The zero-order valence-electron chi connectivity index (χ0n) is 12.0. The minimum atomic E-state index is -0.0990. The fraction of sp³-hybridized carbons (Fsp3) is 0.533. The van der Waals surface area contributed by atoms with Crippen molar-refractivity contribution < 1.29 is 9.53 Å². The first-order valence-electron chi connectivity index (χ1n) is 6.76. The molecule has 0 fully saturated rings. The summed E-state index contributed by atoms with van der Waals surface area (Å²) in [5.41, 5.74) is 6.67. The van der Waals surface area contributed by atoms with Gasteiger partial charge in [0.25, 0.3) is 0 Å². The van der Waals surface area contributed by atoms with E-state index in [1.54, 1.807) is 7.11 Å². The summed E-state index contributed by atoms with van der Waals surface area (Å²) < 4.78 is 5.18. The number of hydrogen-bond acceptors (Lipinski definition) is 3. The summed E-state index contributed by atoms with van der Waals surface area (Å²) in [5, 5.41) is 3.01. The van der Waals surface area contributed by atoms with Crippen LogP contribution in [0.1, 0.15) is 38.3 Å². The second kappa shape index (κ2) is 7.79. The van der Waals surface area contributed by atoms with Crippen LogP contribution in [0.25, 0.3) is 0 Å². The maximum atomic E-state index is 12.1. The number of ether oxygens (including phenoxy) is 1. The average molecular weight is 264 g/mol. The summed E-state index contributed by atoms with van der Waals surface area (Å²) in [6.07, 6.45) is 1.79. The minimum Gasteiger partial charge on any atom is -0.497 e. The molecule has 2 unspecified atom stereocenters. The van der Waals surface area contributed by atoms with Gasteiger partial charge in [-0.2, -0.15) is 0 Å². The molecular formula is C15H24N2O2. The molecule has 0 saturated heterocycles. The maximum absolute atomic E-state index is 12.1. The molecule has 0 aliphatic heterocycles. The van der Waals surface area contributed by atoms with Crippen molar-refractivity contribution in [3.8, 4) is 5.75 Å². The third-order valence-corrected chi connectivity index (χ3v) is 3.25. The molecule has 0 bridgehead atoms. The van der Waals surface area contributed by atoms with Gasteiger partial charge in [-0.25, -0.2) is 0 Å². The Hall–Kier alpha value is -1.55. The van der Waals surface area contributed by atoms with Crippen LogP contribution in [0.3, 0.4) is 0 Å². The van der Waals surface area contributed by atoms with E-state index in [2.05, 4.69) is 12.2 Å². The van der Waals surface area contributed by atoms with Crippen LogP contribution in [0, 0.1) is 5.92 Å². The van der Waals surface area contributed by atoms with E-state index in [1.165, 1.54) is 0 Å². The van der Waals surface area contributed by atoms with Crippen molar-refractivity contribution in [3.05, 3.63) is 29.8 Å². The zero-order chi connectivity index (χ0) is 14.3. The van der Waals surface area contributed by atoms with Crippen molar-refractivity contribution >= 4 is 5.91 Å². The number of benzene rings is 1. The Labute approximate surface area is 115 Å². The summed E-state index contributed by atoms with van der Waals surface area (Å²) in [6.45, 7) is 4.41. The fourth-order valence-corrected chi connectivity index (χ4v) is 2.03. The molecule has 0 saturated carbocycles. The van der Waals surface area contributed by atoms with Crippen LogP contribution in [-0.4, -0.2) is 19.6 Å². The van der Waals surface area contributed by atoms with Gasteiger partial charge >= 0.3 is 0 Å². The second-order valence-electron chi connectivity index (χ2n) is 4.73. The standard InChI is InChI=1S/C15H24N2O2/c1-4-6-13(10-16)15(18)17-11(2)12-7-5-8-14(9-12)19-3/h5,7-9,11,13H,4,6,10,16H2,1-3H3,(H,17,18). The number of hydrogen-bond donors (Lipinski definition) is 2. The number of nitrogens with one attached hydrogen (secondary N) is 1. The molecule has 0 aliphatic carbocycles. The fourth-order valence-electron chi connectivity index (χ4n) is 2.03. The van der Waals surface area contributed by atoms with Gasteiger partial charge < -0.3 is 15.8 Å². The second-order valence-corrected chi connectivity index (χ2v) is 4.73. The molecule has 1 amide bonds. The van der Waals surface area contributed by atoms with Gasteiger partial charge in [-0.3, -0.25) is 4.79 Å². The van der Waals surface area contributed by atoms with Gasteiger partial charge in [-0.15, -0.1) is 0 Å². The molecule has 2 atom stereocenters. The Morgan fingerprint density at radius 2 is 2.21 bits per heavy atom. The molecule has 3 N–H and O–H groups in total. The van der Waals surface area contributed by atoms with Crippen LogP contribution in [-0.2, 0) is 4.79 Å². The number of amides is 1. The molecule has 0 aliphatic rings. The molecule has 1 aromatic rings. The number of carbonyl (C=O) groups excluding carboxylic acids is 1. The lowest BCUT2D eigenvalue weighted by Gasteiger charge is -2.19. The lowest BCUT2D eigenvalue weighted by molar-refractivity contribution is -0.125. The summed E-state index contributed by atoms with van der Waals surface area (Å²) >= 11 is 0. The molecule has 1 aromatic carbocycles. The number of rotatable bonds is 7. The molecule has 0 radical (unpaired) electrons. The lowest BCUT2D eigenvalue weighted by Crippen LogP contribution is -2.36. The molecule has 4 heteroatoms. The monoisotopic (exact) mass is 264 g/mol. The zero-order valence-corrected chi connectivity index (χ0v) is 12.0. The first kappa shape index (κ1) is 15.5. The van der Waals surface area contributed by atoms with Gasteiger partial charge in [0.1, 0.15) is 5.75 Å². The van der Waals surface area contributed by atoms with Crippen LogP contribution >= 0.6 is 0 Å². The normalized spacial score (nSPS) is 13.7. The summed E-state index contributed by atoms with van der Waals surface area (Å²) in [4.78, 5) is 12.1. The Bertz CT molecular complexity index is 407. The van der Waals surface area contributed by atoms with Crippen LogP contribution in [0.15, 0.2) is 24.3 Å². The highest BCUT2D eigenvalue weighted by atomic mass is 16.5. The Morgan fingerprint density at radius 3 is 2.79 bits per heavy atom. The van der Waals surface area contributed by atoms with Crippen LogP contribution in [0.2, 0.25) is 0 Å². The van der Waals surface area contributed by atoms with Gasteiger partial charge in [0.2, 0.25) is 5.91 Å². The topological polar surface area (TPSA) is 64.4 Å². The van der Waals surface area contributed by atoms with Gasteiger partial charge in [0.15, 0.2) is 0 Å². The minimum absolute atomic E-state index is 0.0275. The van der Waals surface area contributed by atoms with Crippen molar-refractivity contribution in [2.45, 2.75) is 32.7 Å². The van der Waals surface area contributed by atoms with Gasteiger partial charge in [0, 0.05) is 6.54 Å². The summed E-state index contributed by atoms with van der Waals surface area (Å²) in [5.74, 6) is 0.722. The average Bonchev–Trinajstić information content (AvgIpc) is 2.44. The van der Waals surface area contributed by atoms with E-state index in [0.717, 1.165) is 24.2 Å². The van der Waals surface area contributed by atoms with E-state index in [0.29, 0.717) is 6.54 Å². The van der Waals surface area contributed by atoms with Crippen molar-refractivity contribution in [2.75, 3.05) is 13.7 Å². The highest BCUT2D eigenvalue weighted by molar-refractivity contribution is 5.79. The van der Waals surface area contributed by atoms with E-state index in [1.807, 2.05) is 31.2 Å². The van der Waals surface area contributed by atoms with E-state index < -0.39 is 0 Å². The first-order chi connectivity index (χ1) is 9.12. The van der Waals surface area contributed by atoms with Crippen molar-refractivity contribution in [2.24, 2.45) is 11.7 Å². The van der Waals surface area contributed by atoms with E-state index >= 15 is 0 Å². The quantitative estimate of drug-likeness (QED) is 0.794. The third-order valence-electron chi connectivity index (χ3n) is 3.25. The summed E-state index contributed by atoms with van der Waals surface area (Å²) in [6, 6.07) is 7.67. The molecule has 0 heterocycles. The first-order valence-corrected chi connectivity index (χ1v) is 6.76. The molecule has 4 nitrogen and oxygen atoms in total. The van der Waals surface area contributed by atoms with Crippen LogP contribution in [0.5, 0.6) is 5.75 Å². The maximum Gasteiger partial charge on any atom is 0.224 e. The molecule has 0 spiro atoms. The lowest BCUT2D eigenvalue weighted by atomic mass is 10.0. The van der Waals surface area contributed by atoms with Crippen molar-refractivity contribution in [1.29, 1.82) is 0 Å². The Balaban J connectivity index is 2.67. The van der Waals surface area contributed by atoms with Crippen molar-refractivity contribution in [1.82, 2.24) is 5.32 Å². The Kier molecular flexibility index (Phi) is 6.36. The molecular weight excluding hydrogens is 240 g/mol. The van der Waals surface area contributed by atoms with Crippen molar-refractivity contribution in [3.63, 3.8) is 0 Å². The predicted octanol–water partition coefficient (Wildman–Crippen LogP) is 2.25. The molecule has 0 aromatic heterocycles. The Morgan fingerprint density at radius 1 is 1.47 bits per heavy atom. The molecule has 19 heavy (non-hydrogen) atoms. The number of nitrogens with two attached hydrogens (primary N) is 1. The van der Waals surface area contributed by atoms with Crippen LogP contribution < -0.4 is 15.8 Å². The SMILES string of the molecule is CCCC(CN)C(=O)NC(C)c1cccc(OC)c1. The number of carbonyl (C=O) groups is 1.